The summed E-state index contributed by atoms with van der Waals surface area (Å²) in [5.74, 6) is -8.23. The van der Waals surface area contributed by atoms with Crippen molar-refractivity contribution >= 4 is 29.4 Å². The lowest BCUT2D eigenvalue weighted by Crippen LogP contribution is -2.64. The van der Waals surface area contributed by atoms with Gasteiger partial charge in [-0.2, -0.15) is 0 Å². The molecule has 0 spiro atoms. The molecule has 17 nitrogen and oxygen atoms in total. The van der Waals surface area contributed by atoms with Crippen LogP contribution in [0.4, 0.5) is 0 Å². The first-order valence-corrected chi connectivity index (χ1v) is 25.8. The van der Waals surface area contributed by atoms with Gasteiger partial charge in [-0.3, -0.25) is 19.2 Å². The quantitative estimate of drug-likeness (QED) is 0.158. The number of carbonyl (C=O) groups excluding carboxylic acids is 5. The van der Waals surface area contributed by atoms with E-state index in [4.69, 9.17) is 37.9 Å². The number of ether oxygens (including phenoxy) is 8. The van der Waals surface area contributed by atoms with Gasteiger partial charge in [0.05, 0.1) is 42.7 Å². The van der Waals surface area contributed by atoms with Crippen LogP contribution in [-0.2, 0) is 61.9 Å². The minimum atomic E-state index is -2.53. The SMILES string of the molecule is CCC1/C=C(\C)CC(C)CC(OC)C2OC(O)(C(=O)C(=O)N3CCCCC3C(=O)OC(/C(C)=C/C3CCC(O[C@@H]4O[C@H](C)C[C@H](N(C)C)C4OC(C)=O)C(OC)C3)C(C)C(O)CC1=O)C(C)CC2OC. The third-order valence-corrected chi connectivity index (χ3v) is 15.7. The Bertz CT molecular complexity index is 1860. The monoisotopic (exact) mass is 991 g/mol. The summed E-state index contributed by atoms with van der Waals surface area (Å²) >= 11 is 0. The maximum absolute atomic E-state index is 14.6. The van der Waals surface area contributed by atoms with Crippen LogP contribution in [0.5, 0.6) is 0 Å². The lowest BCUT2D eigenvalue weighted by atomic mass is 9.81. The fraction of sp³-hybridized carbons (Fsp3) is 0.830. The van der Waals surface area contributed by atoms with Crippen molar-refractivity contribution in [1.82, 2.24) is 9.80 Å². The van der Waals surface area contributed by atoms with Crippen LogP contribution in [0, 0.1) is 29.6 Å². The van der Waals surface area contributed by atoms with E-state index < -0.39 is 96.1 Å². The van der Waals surface area contributed by atoms with Crippen molar-refractivity contribution in [3.8, 4) is 0 Å². The van der Waals surface area contributed by atoms with Gasteiger partial charge < -0.3 is 57.9 Å². The van der Waals surface area contributed by atoms with Gasteiger partial charge in [0.15, 0.2) is 12.4 Å². The first-order valence-electron chi connectivity index (χ1n) is 25.8. The number of carbonyl (C=O) groups is 5. The average molecular weight is 991 g/mol. The van der Waals surface area contributed by atoms with Crippen molar-refractivity contribution in [2.75, 3.05) is 42.0 Å². The summed E-state index contributed by atoms with van der Waals surface area (Å²) in [4.78, 5) is 72.9. The highest BCUT2D eigenvalue weighted by Crippen LogP contribution is 2.40. The molecule has 1 amide bonds. The largest absolute Gasteiger partial charge is 0.456 e. The summed E-state index contributed by atoms with van der Waals surface area (Å²) in [5, 5.41) is 24.1. The topological polar surface area (TPSA) is 206 Å². The zero-order valence-corrected chi connectivity index (χ0v) is 44.3. The molecule has 2 bridgehead atoms. The predicted octanol–water partition coefficient (Wildman–Crippen LogP) is 5.49. The summed E-state index contributed by atoms with van der Waals surface area (Å²) in [6.45, 7) is 14.6. The molecule has 0 aromatic carbocycles. The van der Waals surface area contributed by atoms with E-state index in [0.29, 0.717) is 63.4 Å². The van der Waals surface area contributed by atoms with E-state index in [1.54, 1.807) is 21.0 Å². The molecular weight excluding hydrogens is 905 g/mol. The molecule has 5 rings (SSSR count). The van der Waals surface area contributed by atoms with Gasteiger partial charge >= 0.3 is 11.9 Å². The highest BCUT2D eigenvalue weighted by Gasteiger charge is 2.57. The molecule has 0 aromatic heterocycles. The van der Waals surface area contributed by atoms with Crippen LogP contribution in [0.2, 0.25) is 0 Å². The first-order chi connectivity index (χ1) is 33.1. The van der Waals surface area contributed by atoms with Crippen LogP contribution >= 0.6 is 0 Å². The number of Topliss-reactive ketones (excluding diaryl/α,β-unsaturated/α-hetero) is 2. The second-order valence-corrected chi connectivity index (χ2v) is 21.4. The Morgan fingerprint density at radius 2 is 1.57 bits per heavy atom. The molecule has 18 atom stereocenters. The summed E-state index contributed by atoms with van der Waals surface area (Å²) in [6, 6.07) is -1.29. The fourth-order valence-electron chi connectivity index (χ4n) is 11.7. The van der Waals surface area contributed by atoms with Crippen LogP contribution in [-0.4, -0.2) is 170 Å². The van der Waals surface area contributed by atoms with Crippen LogP contribution in [0.15, 0.2) is 23.3 Å². The fourth-order valence-corrected chi connectivity index (χ4v) is 11.7. The molecule has 0 radical (unpaired) electrons. The summed E-state index contributed by atoms with van der Waals surface area (Å²) < 4.78 is 49.2. The molecule has 5 aliphatic rings. The van der Waals surface area contributed by atoms with Gasteiger partial charge in [-0.05, 0) is 123 Å². The number of amides is 1. The summed E-state index contributed by atoms with van der Waals surface area (Å²) in [7, 11) is 8.56. The van der Waals surface area contributed by atoms with E-state index in [1.165, 1.54) is 26.0 Å². The minimum Gasteiger partial charge on any atom is -0.456 e. The van der Waals surface area contributed by atoms with E-state index in [-0.39, 0.29) is 67.8 Å². The molecule has 0 aromatic rings. The van der Waals surface area contributed by atoms with Gasteiger partial charge in [-0.25, -0.2) is 4.79 Å². The van der Waals surface area contributed by atoms with Crippen molar-refractivity contribution in [2.24, 2.45) is 29.6 Å². The Kier molecular flexibility index (Phi) is 21.2. The normalized spacial score (nSPS) is 41.2. The molecular formula is C53H86N2O15. The van der Waals surface area contributed by atoms with Crippen LogP contribution in [0.25, 0.3) is 0 Å². The number of ketones is 2. The molecule has 4 fully saturated rings. The van der Waals surface area contributed by atoms with E-state index in [9.17, 15) is 34.2 Å². The van der Waals surface area contributed by atoms with Crippen molar-refractivity contribution in [3.05, 3.63) is 23.3 Å². The third kappa shape index (κ3) is 13.9. The smallest absolute Gasteiger partial charge is 0.329 e. The molecule has 2 N–H and O–H groups in total. The Morgan fingerprint density at radius 1 is 0.900 bits per heavy atom. The number of nitrogens with zero attached hydrogens (tertiary/aromatic N) is 2. The maximum Gasteiger partial charge on any atom is 0.329 e. The number of hydrogen-bond acceptors (Lipinski definition) is 16. The number of esters is 2. The molecule has 17 heteroatoms. The lowest BCUT2D eigenvalue weighted by molar-refractivity contribution is -0.302. The number of aliphatic hydroxyl groups is 2. The second kappa shape index (κ2) is 25.7. The van der Waals surface area contributed by atoms with E-state index in [2.05, 4.69) is 6.92 Å². The molecule has 3 saturated heterocycles. The number of piperidine rings is 1. The standard InChI is InChI=1S/C53H86N2O15/c1-14-37-22-29(2)21-30(3)23-44(64-12)48-45(65-13)25-32(5)53(62,70-48)49(59)50(60)55-20-16-15-17-38(55)51(61)69-46(34(7)40(57)28-41(37)58)31(4)24-36-18-19-42(43(27-36)63-11)68-52-47(67-35(8)56)39(54(9)10)26-33(6)66-52/h22,24,30,32-34,36-40,42-48,52,57,62H,14-21,23,25-28H2,1-13H3/b29-22+,31-24+/t30?,32?,33-,34?,36?,37?,38?,39+,40?,42?,43?,44?,45?,46?,47?,48?,52+,53?/m1/s1. The van der Waals surface area contributed by atoms with Gasteiger partial charge in [0.2, 0.25) is 5.79 Å². The number of cyclic esters (lactones) is 1. The Balaban J connectivity index is 1.47. The highest BCUT2D eigenvalue weighted by atomic mass is 16.7. The van der Waals surface area contributed by atoms with Gasteiger partial charge in [0.1, 0.15) is 24.0 Å². The molecule has 398 valence electrons. The summed E-state index contributed by atoms with van der Waals surface area (Å²) in [5.41, 5.74) is 1.62. The molecule has 4 aliphatic heterocycles. The van der Waals surface area contributed by atoms with Crippen LogP contribution in [0.3, 0.4) is 0 Å². The maximum atomic E-state index is 14.6. The third-order valence-electron chi connectivity index (χ3n) is 15.7. The summed E-state index contributed by atoms with van der Waals surface area (Å²) in [6.07, 6.45) is 2.62. The molecule has 1 saturated carbocycles. The number of allylic oxidation sites excluding steroid dienone is 3. The number of hydrogen-bond donors (Lipinski definition) is 2. The average Bonchev–Trinajstić information content (AvgIpc) is 3.32. The van der Waals surface area contributed by atoms with E-state index >= 15 is 0 Å². The van der Waals surface area contributed by atoms with Crippen molar-refractivity contribution < 1.29 is 72.1 Å². The minimum absolute atomic E-state index is 0.0132. The molecule has 70 heavy (non-hydrogen) atoms. The van der Waals surface area contributed by atoms with E-state index in [1.807, 2.05) is 58.8 Å². The molecule has 4 heterocycles. The Labute approximate surface area is 416 Å². The van der Waals surface area contributed by atoms with Crippen molar-refractivity contribution in [2.45, 2.75) is 212 Å². The number of fused-ring (bicyclic) bond motifs is 3. The number of aliphatic hydroxyl groups excluding tert-OH is 1. The highest BCUT2D eigenvalue weighted by molar-refractivity contribution is 6.39. The molecule has 15 unspecified atom stereocenters. The second-order valence-electron chi connectivity index (χ2n) is 21.4. The Morgan fingerprint density at radius 3 is 2.20 bits per heavy atom. The molecule has 1 aliphatic carbocycles. The van der Waals surface area contributed by atoms with Crippen molar-refractivity contribution in [1.29, 1.82) is 0 Å². The van der Waals surface area contributed by atoms with Crippen LogP contribution < -0.4 is 0 Å². The van der Waals surface area contributed by atoms with E-state index in [0.717, 1.165) is 5.57 Å². The zero-order valence-electron chi connectivity index (χ0n) is 44.3. The van der Waals surface area contributed by atoms with Gasteiger partial charge in [-0.1, -0.05) is 45.4 Å². The van der Waals surface area contributed by atoms with Crippen LogP contribution in [0.1, 0.15) is 132 Å². The van der Waals surface area contributed by atoms with Crippen molar-refractivity contribution in [3.63, 3.8) is 0 Å². The predicted molar refractivity (Wildman–Crippen MR) is 259 cm³/mol. The van der Waals surface area contributed by atoms with Gasteiger partial charge in [0.25, 0.3) is 11.7 Å². The lowest BCUT2D eigenvalue weighted by Gasteiger charge is -2.47. The number of rotatable bonds is 10. The first kappa shape index (κ1) is 57.8. The Hall–Kier alpha value is -3.13. The van der Waals surface area contributed by atoms with Gasteiger partial charge in [-0.15, -0.1) is 0 Å². The zero-order chi connectivity index (χ0) is 51.8. The number of likely N-dealkylation sites (N-methyl/N-ethyl adjacent to an activating group) is 1. The number of methoxy groups -OCH3 is 3. The van der Waals surface area contributed by atoms with Gasteiger partial charge in [0, 0.05) is 59.0 Å².